The summed E-state index contributed by atoms with van der Waals surface area (Å²) in [6.07, 6.45) is 0.803. The lowest BCUT2D eigenvalue weighted by molar-refractivity contribution is 0.0963. The second-order valence-corrected chi connectivity index (χ2v) is 9.21. The Morgan fingerprint density at radius 1 is 1.04 bits per heavy atom. The summed E-state index contributed by atoms with van der Waals surface area (Å²) >= 11 is 0. The van der Waals surface area contributed by atoms with Crippen LogP contribution in [0.5, 0.6) is 5.75 Å². The third-order valence-corrected chi connectivity index (χ3v) is 5.64. The van der Waals surface area contributed by atoms with E-state index in [2.05, 4.69) is 0 Å². The summed E-state index contributed by atoms with van der Waals surface area (Å²) in [6.45, 7) is 7.74. The van der Waals surface area contributed by atoms with Crippen molar-refractivity contribution < 1.29 is 17.4 Å². The van der Waals surface area contributed by atoms with Crippen LogP contribution in [0.1, 0.15) is 78.9 Å². The minimum absolute atomic E-state index is 0.0244. The molecular weight excluding hydrogens is 374 g/mol. The zero-order valence-corrected chi connectivity index (χ0v) is 17.5. The quantitative estimate of drug-likeness (QED) is 0.692. The molecule has 0 saturated heterocycles. The zero-order chi connectivity index (χ0) is 20.6. The van der Waals surface area contributed by atoms with E-state index in [1.165, 1.54) is 0 Å². The fourth-order valence-electron chi connectivity index (χ4n) is 3.82. The number of carbonyl (C=O) groups excluding carboxylic acids is 1. The lowest BCUT2D eigenvalue weighted by atomic mass is 9.87. The molecule has 6 heteroatoms. The van der Waals surface area contributed by atoms with Gasteiger partial charge in [0.15, 0.2) is 11.5 Å². The summed E-state index contributed by atoms with van der Waals surface area (Å²) in [5.74, 6) is 0.287. The maximum absolute atomic E-state index is 13.3. The van der Waals surface area contributed by atoms with E-state index >= 15 is 0 Å². The molecule has 28 heavy (non-hydrogen) atoms. The molecule has 0 amide bonds. The number of nitrogens with two attached hydrogens (primary N) is 1. The Balaban J connectivity index is 2.04. The van der Waals surface area contributed by atoms with Crippen LogP contribution in [0.4, 0.5) is 0 Å². The van der Waals surface area contributed by atoms with Crippen molar-refractivity contribution in [3.8, 4) is 5.75 Å². The fraction of sp³-hybridized carbons (Fsp3) is 0.409. The minimum Gasteiger partial charge on any atom is -0.370 e. The van der Waals surface area contributed by atoms with Gasteiger partial charge >= 0.3 is 10.3 Å². The van der Waals surface area contributed by atoms with E-state index in [9.17, 15) is 13.2 Å². The summed E-state index contributed by atoms with van der Waals surface area (Å²) in [6, 6.07) is 13.6. The second-order valence-electron chi connectivity index (χ2n) is 8.05. The molecular formula is C22H27NO4S. The van der Waals surface area contributed by atoms with E-state index in [0.29, 0.717) is 11.1 Å². The van der Waals surface area contributed by atoms with Gasteiger partial charge < -0.3 is 4.18 Å². The molecule has 0 aliphatic heterocycles. The van der Waals surface area contributed by atoms with Crippen molar-refractivity contribution in [3.05, 3.63) is 64.7 Å². The second kappa shape index (κ2) is 7.68. The highest BCUT2D eigenvalue weighted by Gasteiger charge is 2.45. The Bertz CT molecular complexity index is 981. The van der Waals surface area contributed by atoms with Crippen molar-refractivity contribution in [2.24, 2.45) is 11.1 Å². The number of ketones is 1. The standard InChI is InChI=1S/C22H27NO4S/c1-13(2)16-10-11-17(20(14(3)4)22(16)27-28(23,25)26)21(24)19-12-18(19)15-8-6-5-7-9-15/h5-11,13-14,18-19H,12H2,1-4H3,(H2,23,25,26)/t18-,19+/m0/s1. The van der Waals surface area contributed by atoms with E-state index in [1.54, 1.807) is 6.07 Å². The van der Waals surface area contributed by atoms with Gasteiger partial charge in [-0.1, -0.05) is 70.2 Å². The highest BCUT2D eigenvalue weighted by atomic mass is 32.2. The molecule has 2 aromatic carbocycles. The van der Waals surface area contributed by atoms with E-state index in [0.717, 1.165) is 17.5 Å². The molecule has 0 aromatic heterocycles. The molecule has 1 aliphatic rings. The lowest BCUT2D eigenvalue weighted by Gasteiger charge is -2.21. The van der Waals surface area contributed by atoms with Crippen molar-refractivity contribution in [2.75, 3.05) is 0 Å². The first kappa shape index (κ1) is 20.6. The predicted molar refractivity (Wildman–Crippen MR) is 110 cm³/mol. The molecule has 0 unspecified atom stereocenters. The van der Waals surface area contributed by atoms with Crippen molar-refractivity contribution in [1.82, 2.24) is 0 Å². The summed E-state index contributed by atoms with van der Waals surface area (Å²) < 4.78 is 28.6. The van der Waals surface area contributed by atoms with E-state index in [1.807, 2.05) is 64.1 Å². The largest absolute Gasteiger partial charge is 0.380 e. The number of rotatable bonds is 7. The topological polar surface area (TPSA) is 86.5 Å². The van der Waals surface area contributed by atoms with Crippen LogP contribution in [0.2, 0.25) is 0 Å². The van der Waals surface area contributed by atoms with Crippen LogP contribution in [-0.4, -0.2) is 14.2 Å². The van der Waals surface area contributed by atoms with Crippen LogP contribution in [0.25, 0.3) is 0 Å². The van der Waals surface area contributed by atoms with Gasteiger partial charge in [-0.15, -0.1) is 0 Å². The monoisotopic (exact) mass is 401 g/mol. The molecule has 0 spiro atoms. The first-order chi connectivity index (χ1) is 13.1. The van der Waals surface area contributed by atoms with Crippen molar-refractivity contribution in [2.45, 2.75) is 51.9 Å². The maximum atomic E-state index is 13.3. The normalized spacial score (nSPS) is 19.1. The van der Waals surface area contributed by atoms with E-state index in [4.69, 9.17) is 9.32 Å². The van der Waals surface area contributed by atoms with E-state index < -0.39 is 10.3 Å². The Kier molecular flexibility index (Phi) is 5.64. The molecule has 1 aliphatic carbocycles. The average molecular weight is 402 g/mol. The van der Waals surface area contributed by atoms with Gasteiger partial charge in [0.1, 0.15) is 0 Å². The summed E-state index contributed by atoms with van der Waals surface area (Å²) in [4.78, 5) is 13.3. The first-order valence-corrected chi connectivity index (χ1v) is 11.1. The molecule has 1 saturated carbocycles. The highest BCUT2D eigenvalue weighted by molar-refractivity contribution is 7.84. The summed E-state index contributed by atoms with van der Waals surface area (Å²) in [5, 5.41) is 5.17. The molecule has 0 radical (unpaired) electrons. The Labute approximate surface area is 167 Å². The van der Waals surface area contributed by atoms with Crippen LogP contribution >= 0.6 is 0 Å². The van der Waals surface area contributed by atoms with Gasteiger partial charge in [-0.25, -0.2) is 0 Å². The van der Waals surface area contributed by atoms with Crippen LogP contribution in [0.3, 0.4) is 0 Å². The lowest BCUT2D eigenvalue weighted by Crippen LogP contribution is -2.22. The number of hydrogen-bond acceptors (Lipinski definition) is 4. The van der Waals surface area contributed by atoms with Crippen molar-refractivity contribution in [3.63, 3.8) is 0 Å². The van der Waals surface area contributed by atoms with Gasteiger partial charge in [0.2, 0.25) is 0 Å². The van der Waals surface area contributed by atoms with Crippen molar-refractivity contribution in [1.29, 1.82) is 0 Å². The van der Waals surface area contributed by atoms with Gasteiger partial charge in [0.25, 0.3) is 0 Å². The van der Waals surface area contributed by atoms with Crippen LogP contribution < -0.4 is 9.32 Å². The third kappa shape index (κ3) is 4.28. The Hall–Kier alpha value is -2.18. The molecule has 2 N–H and O–H groups in total. The van der Waals surface area contributed by atoms with Gasteiger partial charge in [0, 0.05) is 17.0 Å². The SMILES string of the molecule is CC(C)c1ccc(C(=O)[C@@H]2C[C@H]2c2ccccc2)c(C(C)C)c1OS(N)(=O)=O. The average Bonchev–Trinajstić information content (AvgIpc) is 3.40. The number of carbonyl (C=O) groups is 1. The van der Waals surface area contributed by atoms with Crippen LogP contribution in [0, 0.1) is 5.92 Å². The smallest absolute Gasteiger partial charge is 0.370 e. The van der Waals surface area contributed by atoms with Gasteiger partial charge in [-0.05, 0) is 35.3 Å². The fourth-order valence-corrected chi connectivity index (χ4v) is 4.24. The molecule has 0 bridgehead atoms. The third-order valence-electron chi connectivity index (χ3n) is 5.25. The molecule has 0 heterocycles. The number of Topliss-reactive ketones (excluding diaryl/α,β-unsaturated/α-hetero) is 1. The van der Waals surface area contributed by atoms with Crippen LogP contribution in [0.15, 0.2) is 42.5 Å². The van der Waals surface area contributed by atoms with Gasteiger partial charge in [0.05, 0.1) is 0 Å². The predicted octanol–water partition coefficient (Wildman–Crippen LogP) is 4.50. The molecule has 2 atom stereocenters. The van der Waals surface area contributed by atoms with Crippen molar-refractivity contribution >= 4 is 16.1 Å². The molecule has 1 fully saturated rings. The maximum Gasteiger partial charge on any atom is 0.380 e. The number of hydrogen-bond donors (Lipinski definition) is 1. The highest BCUT2D eigenvalue weighted by Crippen LogP contribution is 2.50. The molecule has 2 aromatic rings. The molecule has 5 nitrogen and oxygen atoms in total. The Morgan fingerprint density at radius 3 is 2.21 bits per heavy atom. The van der Waals surface area contributed by atoms with Crippen LogP contribution in [-0.2, 0) is 10.3 Å². The van der Waals surface area contributed by atoms with E-state index in [-0.39, 0.29) is 35.2 Å². The Morgan fingerprint density at radius 2 is 1.68 bits per heavy atom. The van der Waals surface area contributed by atoms with Gasteiger partial charge in [-0.3, -0.25) is 4.79 Å². The van der Waals surface area contributed by atoms with Gasteiger partial charge in [-0.2, -0.15) is 13.6 Å². The number of benzene rings is 2. The minimum atomic E-state index is -4.20. The summed E-state index contributed by atoms with van der Waals surface area (Å²) in [5.41, 5.74) is 3.03. The summed E-state index contributed by atoms with van der Waals surface area (Å²) in [7, 11) is -4.20. The molecule has 150 valence electrons. The zero-order valence-electron chi connectivity index (χ0n) is 16.7. The molecule has 3 rings (SSSR count). The first-order valence-electron chi connectivity index (χ1n) is 9.58.